The summed E-state index contributed by atoms with van der Waals surface area (Å²) < 4.78 is 0. The molecule has 1 rings (SSSR count). The molecule has 0 radical (unpaired) electrons. The lowest BCUT2D eigenvalue weighted by Crippen LogP contribution is -2.32. The Morgan fingerprint density at radius 2 is 1.87 bits per heavy atom. The van der Waals surface area contributed by atoms with Gasteiger partial charge >= 0.3 is 0 Å². The third-order valence-corrected chi connectivity index (χ3v) is 3.69. The summed E-state index contributed by atoms with van der Waals surface area (Å²) in [5.41, 5.74) is 0.312. The quantitative estimate of drug-likeness (QED) is 0.667. The van der Waals surface area contributed by atoms with Crippen LogP contribution in [0.25, 0.3) is 0 Å². The number of likely N-dealkylation sites (tertiary alicyclic amines) is 1. The molecular formula is C12H21NO2. The third-order valence-electron chi connectivity index (χ3n) is 3.69. The minimum atomic E-state index is -0.0366. The van der Waals surface area contributed by atoms with E-state index in [0.717, 1.165) is 32.4 Å². The molecule has 1 heterocycles. The molecule has 0 aliphatic carbocycles. The standard InChI is InChI=1S/C12H21NO2/c1-4-12(5-2)6-7-13(9-12)11(15)8-10(3)14/h4-9H2,1-3H3. The fourth-order valence-electron chi connectivity index (χ4n) is 2.30. The molecule has 1 fully saturated rings. The van der Waals surface area contributed by atoms with Gasteiger partial charge in [-0.25, -0.2) is 0 Å². The summed E-state index contributed by atoms with van der Waals surface area (Å²) in [5, 5.41) is 0. The van der Waals surface area contributed by atoms with Crippen LogP contribution < -0.4 is 0 Å². The van der Waals surface area contributed by atoms with Gasteiger partial charge in [0.2, 0.25) is 5.91 Å². The highest BCUT2D eigenvalue weighted by atomic mass is 16.2. The zero-order valence-corrected chi connectivity index (χ0v) is 10.0. The van der Waals surface area contributed by atoms with E-state index in [4.69, 9.17) is 0 Å². The van der Waals surface area contributed by atoms with Gasteiger partial charge in [-0.05, 0) is 31.6 Å². The van der Waals surface area contributed by atoms with E-state index in [1.165, 1.54) is 6.92 Å². The number of hydrogen-bond donors (Lipinski definition) is 0. The van der Waals surface area contributed by atoms with Crippen molar-refractivity contribution in [3.63, 3.8) is 0 Å². The van der Waals surface area contributed by atoms with Crippen molar-refractivity contribution in [2.75, 3.05) is 13.1 Å². The Balaban J connectivity index is 2.55. The minimum absolute atomic E-state index is 0.00581. The number of carbonyl (C=O) groups is 2. The maximum atomic E-state index is 11.7. The molecule has 0 unspecified atom stereocenters. The maximum absolute atomic E-state index is 11.7. The van der Waals surface area contributed by atoms with Gasteiger partial charge in [-0.1, -0.05) is 13.8 Å². The molecule has 15 heavy (non-hydrogen) atoms. The first-order chi connectivity index (χ1) is 7.03. The van der Waals surface area contributed by atoms with Crippen LogP contribution in [0.15, 0.2) is 0 Å². The molecule has 1 saturated heterocycles. The Hall–Kier alpha value is -0.860. The summed E-state index contributed by atoms with van der Waals surface area (Å²) in [5.74, 6) is -0.0308. The van der Waals surface area contributed by atoms with Crippen LogP contribution in [0.2, 0.25) is 0 Å². The number of amides is 1. The van der Waals surface area contributed by atoms with Gasteiger partial charge in [0.05, 0.1) is 6.42 Å². The highest BCUT2D eigenvalue weighted by Crippen LogP contribution is 2.37. The van der Waals surface area contributed by atoms with Crippen LogP contribution in [0.4, 0.5) is 0 Å². The lowest BCUT2D eigenvalue weighted by Gasteiger charge is -2.26. The molecule has 3 nitrogen and oxygen atoms in total. The van der Waals surface area contributed by atoms with Gasteiger partial charge in [0.15, 0.2) is 0 Å². The molecule has 0 bridgehead atoms. The van der Waals surface area contributed by atoms with E-state index < -0.39 is 0 Å². The van der Waals surface area contributed by atoms with E-state index in [2.05, 4.69) is 13.8 Å². The van der Waals surface area contributed by atoms with Crippen LogP contribution in [-0.2, 0) is 9.59 Å². The van der Waals surface area contributed by atoms with Crippen molar-refractivity contribution in [3.8, 4) is 0 Å². The van der Waals surface area contributed by atoms with Crippen LogP contribution in [0.5, 0.6) is 0 Å². The number of Topliss-reactive ketones (excluding diaryl/α,β-unsaturated/α-hetero) is 1. The second kappa shape index (κ2) is 4.77. The van der Waals surface area contributed by atoms with Gasteiger partial charge in [0, 0.05) is 13.1 Å². The second-order valence-electron chi connectivity index (χ2n) is 4.65. The van der Waals surface area contributed by atoms with E-state index in [1.807, 2.05) is 4.90 Å². The topological polar surface area (TPSA) is 37.4 Å². The molecule has 0 saturated carbocycles. The van der Waals surface area contributed by atoms with Gasteiger partial charge in [-0.2, -0.15) is 0 Å². The molecule has 0 aromatic rings. The molecule has 0 aromatic heterocycles. The zero-order chi connectivity index (χ0) is 11.5. The van der Waals surface area contributed by atoms with Gasteiger partial charge < -0.3 is 4.90 Å². The normalized spacial score (nSPS) is 19.3. The number of ketones is 1. The van der Waals surface area contributed by atoms with Crippen LogP contribution in [-0.4, -0.2) is 29.7 Å². The molecule has 1 aliphatic rings. The van der Waals surface area contributed by atoms with Crippen molar-refractivity contribution in [1.82, 2.24) is 4.90 Å². The average molecular weight is 211 g/mol. The first-order valence-electron chi connectivity index (χ1n) is 5.80. The Kier molecular flexibility index (Phi) is 3.89. The molecule has 0 aromatic carbocycles. The summed E-state index contributed by atoms with van der Waals surface area (Å²) in [6, 6.07) is 0. The van der Waals surface area contributed by atoms with E-state index in [9.17, 15) is 9.59 Å². The second-order valence-corrected chi connectivity index (χ2v) is 4.65. The number of rotatable bonds is 4. The number of hydrogen-bond acceptors (Lipinski definition) is 2. The summed E-state index contributed by atoms with van der Waals surface area (Å²) in [7, 11) is 0. The molecule has 86 valence electrons. The highest BCUT2D eigenvalue weighted by Gasteiger charge is 2.36. The fraction of sp³-hybridized carbons (Fsp3) is 0.833. The Morgan fingerprint density at radius 1 is 1.27 bits per heavy atom. The fourth-order valence-corrected chi connectivity index (χ4v) is 2.30. The van der Waals surface area contributed by atoms with Crippen molar-refractivity contribution < 1.29 is 9.59 Å². The largest absolute Gasteiger partial charge is 0.342 e. The Bertz CT molecular complexity index is 256. The van der Waals surface area contributed by atoms with Crippen molar-refractivity contribution >= 4 is 11.7 Å². The van der Waals surface area contributed by atoms with Crippen molar-refractivity contribution in [2.24, 2.45) is 5.41 Å². The molecule has 0 atom stereocenters. The van der Waals surface area contributed by atoms with Gasteiger partial charge in [0.1, 0.15) is 5.78 Å². The van der Waals surface area contributed by atoms with Crippen LogP contribution in [0.1, 0.15) is 46.5 Å². The number of nitrogens with zero attached hydrogens (tertiary/aromatic N) is 1. The SMILES string of the molecule is CCC1(CC)CCN(C(=O)CC(C)=O)C1. The summed E-state index contributed by atoms with van der Waals surface area (Å²) in [6.07, 6.45) is 3.40. The van der Waals surface area contributed by atoms with E-state index >= 15 is 0 Å². The van der Waals surface area contributed by atoms with Crippen LogP contribution in [0, 0.1) is 5.41 Å². The minimum Gasteiger partial charge on any atom is -0.342 e. The third kappa shape index (κ3) is 2.80. The van der Waals surface area contributed by atoms with E-state index in [0.29, 0.717) is 5.41 Å². The van der Waals surface area contributed by atoms with Crippen LogP contribution in [0.3, 0.4) is 0 Å². The van der Waals surface area contributed by atoms with E-state index in [-0.39, 0.29) is 18.1 Å². The lowest BCUT2D eigenvalue weighted by molar-refractivity contribution is -0.134. The van der Waals surface area contributed by atoms with Crippen LogP contribution >= 0.6 is 0 Å². The average Bonchev–Trinajstić information content (AvgIpc) is 2.62. The first-order valence-corrected chi connectivity index (χ1v) is 5.80. The highest BCUT2D eigenvalue weighted by molar-refractivity contribution is 5.96. The molecule has 3 heteroatoms. The predicted octanol–water partition coefficient (Wildman–Crippen LogP) is 2.00. The molecule has 0 N–H and O–H groups in total. The Morgan fingerprint density at radius 3 is 2.27 bits per heavy atom. The summed E-state index contributed by atoms with van der Waals surface area (Å²) in [6.45, 7) is 7.51. The number of carbonyl (C=O) groups excluding carboxylic acids is 2. The van der Waals surface area contributed by atoms with Crippen molar-refractivity contribution in [1.29, 1.82) is 0 Å². The van der Waals surface area contributed by atoms with Crippen molar-refractivity contribution in [3.05, 3.63) is 0 Å². The summed E-state index contributed by atoms with van der Waals surface area (Å²) >= 11 is 0. The molecule has 0 spiro atoms. The van der Waals surface area contributed by atoms with Gasteiger partial charge in [-0.15, -0.1) is 0 Å². The smallest absolute Gasteiger partial charge is 0.230 e. The van der Waals surface area contributed by atoms with Crippen molar-refractivity contribution in [2.45, 2.75) is 46.5 Å². The summed E-state index contributed by atoms with van der Waals surface area (Å²) in [4.78, 5) is 24.4. The zero-order valence-electron chi connectivity index (χ0n) is 10.0. The Labute approximate surface area is 91.8 Å². The maximum Gasteiger partial charge on any atom is 0.230 e. The van der Waals surface area contributed by atoms with Gasteiger partial charge in [0.25, 0.3) is 0 Å². The molecule has 1 amide bonds. The first kappa shape index (κ1) is 12.2. The molecule has 1 aliphatic heterocycles. The molecular weight excluding hydrogens is 190 g/mol. The van der Waals surface area contributed by atoms with Gasteiger partial charge in [-0.3, -0.25) is 9.59 Å². The predicted molar refractivity (Wildman–Crippen MR) is 59.5 cm³/mol. The lowest BCUT2D eigenvalue weighted by atomic mass is 9.82. The monoisotopic (exact) mass is 211 g/mol. The van der Waals surface area contributed by atoms with E-state index in [1.54, 1.807) is 0 Å².